The van der Waals surface area contributed by atoms with Gasteiger partial charge in [0.05, 0.1) is 11.4 Å². The first-order chi connectivity index (χ1) is 29.2. The van der Waals surface area contributed by atoms with Crippen molar-refractivity contribution in [3.63, 3.8) is 0 Å². The van der Waals surface area contributed by atoms with E-state index in [1.807, 2.05) is 36.4 Å². The van der Waals surface area contributed by atoms with Crippen LogP contribution in [0.1, 0.15) is 0 Å². The Hall–Kier alpha value is -7.88. The van der Waals surface area contributed by atoms with Gasteiger partial charge in [-0.2, -0.15) is 0 Å². The zero-order chi connectivity index (χ0) is 38.9. The molecule has 274 valence electrons. The first kappa shape index (κ1) is 33.3. The standard InChI is InChI=1S/C56H34N2O/c1-2-13-38(14-3-1)56-57-51(34-52(58-56)40-27-31-54-50(33-40)46-20-10-11-21-53(46)59-54)37-24-22-36(23-25-37)42-29-30-47(45-19-9-8-18-44(42)45)55-43-17-7-5-15-39(43)32-49-41-16-6-4-12-35(41)26-28-48(49)55/h1-34H. The summed E-state index contributed by atoms with van der Waals surface area (Å²) in [5.74, 6) is 0.690. The van der Waals surface area contributed by atoms with Crippen LogP contribution in [0.3, 0.4) is 0 Å². The molecule has 0 radical (unpaired) electrons. The Balaban J connectivity index is 0.982. The van der Waals surface area contributed by atoms with Gasteiger partial charge < -0.3 is 4.42 Å². The summed E-state index contributed by atoms with van der Waals surface area (Å²) in [5, 5.41) is 12.2. The summed E-state index contributed by atoms with van der Waals surface area (Å²) in [7, 11) is 0. The smallest absolute Gasteiger partial charge is 0.160 e. The third-order valence-electron chi connectivity index (χ3n) is 11.9. The number of nitrogens with zero attached hydrogens (tertiary/aromatic N) is 2. The quantitative estimate of drug-likeness (QED) is 0.130. The van der Waals surface area contributed by atoms with Crippen LogP contribution in [-0.2, 0) is 0 Å². The number of hydrogen-bond acceptors (Lipinski definition) is 3. The SMILES string of the molecule is c1ccc(-c2nc(-c3ccc(-c4ccc(-c5c6ccccc6cc6c5ccc5ccccc56)c5ccccc45)cc3)cc(-c3ccc4oc5ccccc5c4c3)n2)cc1. The Morgan fingerprint density at radius 2 is 0.881 bits per heavy atom. The lowest BCUT2D eigenvalue weighted by atomic mass is 9.86. The molecule has 3 heteroatoms. The number of hydrogen-bond donors (Lipinski definition) is 0. The fourth-order valence-corrected chi connectivity index (χ4v) is 9.04. The Morgan fingerprint density at radius 1 is 0.288 bits per heavy atom. The average Bonchev–Trinajstić information content (AvgIpc) is 3.69. The second-order valence-electron chi connectivity index (χ2n) is 15.3. The largest absolute Gasteiger partial charge is 0.456 e. The van der Waals surface area contributed by atoms with Crippen molar-refractivity contribution < 1.29 is 4.42 Å². The van der Waals surface area contributed by atoms with Crippen molar-refractivity contribution in [2.45, 2.75) is 0 Å². The predicted molar refractivity (Wildman–Crippen MR) is 247 cm³/mol. The van der Waals surface area contributed by atoms with E-state index in [-0.39, 0.29) is 0 Å². The van der Waals surface area contributed by atoms with Gasteiger partial charge in [0.1, 0.15) is 11.2 Å². The molecule has 0 spiro atoms. The monoisotopic (exact) mass is 750 g/mol. The Labute approximate surface area is 340 Å². The lowest BCUT2D eigenvalue weighted by Gasteiger charge is -2.17. The van der Waals surface area contributed by atoms with E-state index in [4.69, 9.17) is 14.4 Å². The molecule has 10 aromatic carbocycles. The minimum absolute atomic E-state index is 0.690. The molecule has 12 aromatic rings. The Kier molecular flexibility index (Phi) is 7.54. The topological polar surface area (TPSA) is 38.9 Å². The van der Waals surface area contributed by atoms with Gasteiger partial charge in [-0.1, -0.05) is 170 Å². The van der Waals surface area contributed by atoms with Crippen LogP contribution in [0.2, 0.25) is 0 Å². The van der Waals surface area contributed by atoms with Crippen molar-refractivity contribution in [3.05, 3.63) is 206 Å². The average molecular weight is 751 g/mol. The van der Waals surface area contributed by atoms with Gasteiger partial charge in [0.2, 0.25) is 0 Å². The van der Waals surface area contributed by atoms with Gasteiger partial charge in [0.15, 0.2) is 5.82 Å². The number of aromatic nitrogens is 2. The van der Waals surface area contributed by atoms with E-state index in [0.717, 1.165) is 55.6 Å². The summed E-state index contributed by atoms with van der Waals surface area (Å²) in [6.07, 6.45) is 0. The van der Waals surface area contributed by atoms with Gasteiger partial charge in [-0.25, -0.2) is 9.97 Å². The minimum atomic E-state index is 0.690. The van der Waals surface area contributed by atoms with E-state index in [9.17, 15) is 0 Å². The maximum atomic E-state index is 6.15. The number of para-hydroxylation sites is 1. The predicted octanol–water partition coefficient (Wildman–Crippen LogP) is 15.3. The summed E-state index contributed by atoms with van der Waals surface area (Å²) in [5.41, 5.74) is 11.3. The van der Waals surface area contributed by atoms with Crippen LogP contribution in [-0.4, -0.2) is 9.97 Å². The molecule has 0 fully saturated rings. The van der Waals surface area contributed by atoms with E-state index in [2.05, 4.69) is 170 Å². The molecule has 0 saturated heterocycles. The third-order valence-corrected chi connectivity index (χ3v) is 11.9. The normalized spacial score (nSPS) is 11.7. The van der Waals surface area contributed by atoms with E-state index < -0.39 is 0 Å². The molecule has 59 heavy (non-hydrogen) atoms. The molecule has 0 amide bonds. The van der Waals surface area contributed by atoms with Gasteiger partial charge in [-0.15, -0.1) is 0 Å². The van der Waals surface area contributed by atoms with Gasteiger partial charge in [0.25, 0.3) is 0 Å². The molecule has 0 bridgehead atoms. The van der Waals surface area contributed by atoms with Crippen molar-refractivity contribution in [3.8, 4) is 56.2 Å². The maximum absolute atomic E-state index is 6.15. The summed E-state index contributed by atoms with van der Waals surface area (Å²) >= 11 is 0. The summed E-state index contributed by atoms with van der Waals surface area (Å²) in [4.78, 5) is 10.3. The highest BCUT2D eigenvalue weighted by Gasteiger charge is 2.18. The lowest BCUT2D eigenvalue weighted by Crippen LogP contribution is -1.96. The molecule has 0 aliphatic carbocycles. The van der Waals surface area contributed by atoms with Gasteiger partial charge >= 0.3 is 0 Å². The minimum Gasteiger partial charge on any atom is -0.456 e. The third kappa shape index (κ3) is 5.51. The highest BCUT2D eigenvalue weighted by molar-refractivity contribution is 6.23. The van der Waals surface area contributed by atoms with Gasteiger partial charge in [-0.3, -0.25) is 0 Å². The fraction of sp³-hybridized carbons (Fsp3) is 0. The molecule has 0 saturated carbocycles. The molecule has 0 aliphatic heterocycles. The first-order valence-corrected chi connectivity index (χ1v) is 20.1. The van der Waals surface area contributed by atoms with Crippen molar-refractivity contribution in [1.82, 2.24) is 9.97 Å². The van der Waals surface area contributed by atoms with Gasteiger partial charge in [0, 0.05) is 27.5 Å². The number of furan rings is 1. The van der Waals surface area contributed by atoms with Crippen LogP contribution >= 0.6 is 0 Å². The zero-order valence-electron chi connectivity index (χ0n) is 31.9. The Morgan fingerprint density at radius 3 is 1.69 bits per heavy atom. The zero-order valence-corrected chi connectivity index (χ0v) is 31.9. The van der Waals surface area contributed by atoms with Crippen LogP contribution in [0.5, 0.6) is 0 Å². The number of rotatable bonds is 5. The van der Waals surface area contributed by atoms with E-state index >= 15 is 0 Å². The van der Waals surface area contributed by atoms with Crippen LogP contribution < -0.4 is 0 Å². The van der Waals surface area contributed by atoms with E-state index in [1.165, 1.54) is 59.8 Å². The fourth-order valence-electron chi connectivity index (χ4n) is 9.04. The first-order valence-electron chi connectivity index (χ1n) is 20.1. The molecule has 2 heterocycles. The second-order valence-corrected chi connectivity index (χ2v) is 15.3. The van der Waals surface area contributed by atoms with Crippen LogP contribution in [0.25, 0.3) is 121 Å². The highest BCUT2D eigenvalue weighted by Crippen LogP contribution is 2.44. The van der Waals surface area contributed by atoms with Crippen molar-refractivity contribution >= 4 is 65.0 Å². The summed E-state index contributed by atoms with van der Waals surface area (Å²) in [6.45, 7) is 0. The molecule has 0 atom stereocenters. The van der Waals surface area contributed by atoms with E-state index in [1.54, 1.807) is 0 Å². The lowest BCUT2D eigenvalue weighted by molar-refractivity contribution is 0.669. The van der Waals surface area contributed by atoms with Crippen molar-refractivity contribution in [2.24, 2.45) is 0 Å². The van der Waals surface area contributed by atoms with Crippen LogP contribution in [0, 0.1) is 0 Å². The molecular formula is C56H34N2O. The van der Waals surface area contributed by atoms with Crippen molar-refractivity contribution in [2.75, 3.05) is 0 Å². The van der Waals surface area contributed by atoms with E-state index in [0.29, 0.717) is 5.82 Å². The summed E-state index contributed by atoms with van der Waals surface area (Å²) in [6, 6.07) is 73.5. The molecule has 0 aliphatic rings. The molecule has 2 aromatic heterocycles. The van der Waals surface area contributed by atoms with Crippen LogP contribution in [0.4, 0.5) is 0 Å². The Bertz CT molecular complexity index is 3600. The van der Waals surface area contributed by atoms with Crippen LogP contribution in [0.15, 0.2) is 211 Å². The van der Waals surface area contributed by atoms with Gasteiger partial charge in [-0.05, 0) is 102 Å². The highest BCUT2D eigenvalue weighted by atomic mass is 16.3. The second kappa shape index (κ2) is 13.4. The molecule has 3 nitrogen and oxygen atoms in total. The summed E-state index contributed by atoms with van der Waals surface area (Å²) < 4.78 is 6.15. The molecule has 0 unspecified atom stereocenters. The number of fused-ring (bicyclic) bond motifs is 8. The molecular weight excluding hydrogens is 717 g/mol. The maximum Gasteiger partial charge on any atom is 0.160 e. The van der Waals surface area contributed by atoms with Crippen molar-refractivity contribution in [1.29, 1.82) is 0 Å². The molecule has 12 rings (SSSR count). The molecule has 0 N–H and O–H groups in total. The number of benzene rings is 10.